The molecule has 4 atom stereocenters. The second-order valence-electron chi connectivity index (χ2n) is 8.67. The molecule has 3 aromatic carbocycles. The second kappa shape index (κ2) is 8.81. The minimum absolute atomic E-state index is 0.0831. The first-order chi connectivity index (χ1) is 17.3. The van der Waals surface area contributed by atoms with Gasteiger partial charge in [-0.05, 0) is 29.3 Å². The number of non-ortho nitro benzene ring substituents is 1. The Morgan fingerprint density at radius 3 is 2.53 bits per heavy atom. The summed E-state index contributed by atoms with van der Waals surface area (Å²) in [5.74, 6) is -1.43. The van der Waals surface area contributed by atoms with Gasteiger partial charge in [0.05, 0.1) is 18.0 Å². The molecule has 0 aromatic heterocycles. The molecule has 0 bridgehead atoms. The van der Waals surface area contributed by atoms with Crippen molar-refractivity contribution < 1.29 is 24.5 Å². The van der Waals surface area contributed by atoms with E-state index in [-0.39, 0.29) is 27.7 Å². The number of para-hydroxylation sites is 1. The van der Waals surface area contributed by atoms with E-state index in [0.717, 1.165) is 5.56 Å². The number of nitrogens with zero attached hydrogens (tertiary/aromatic N) is 3. The van der Waals surface area contributed by atoms with E-state index in [1.807, 2.05) is 18.2 Å². The summed E-state index contributed by atoms with van der Waals surface area (Å²) in [4.78, 5) is 38.7. The summed E-state index contributed by atoms with van der Waals surface area (Å²) in [6.45, 7) is 0. The minimum atomic E-state index is -1.21. The van der Waals surface area contributed by atoms with E-state index in [2.05, 4.69) is 0 Å². The summed E-state index contributed by atoms with van der Waals surface area (Å²) in [5.41, 5.74) is 1.74. The van der Waals surface area contributed by atoms with Gasteiger partial charge < -0.3 is 14.7 Å². The van der Waals surface area contributed by atoms with Gasteiger partial charge in [0, 0.05) is 28.3 Å². The zero-order valence-electron chi connectivity index (χ0n) is 19.1. The lowest BCUT2D eigenvalue weighted by Crippen LogP contribution is -2.44. The molecule has 2 aliphatic heterocycles. The summed E-state index contributed by atoms with van der Waals surface area (Å²) < 4.78 is 5.23. The predicted octanol–water partition coefficient (Wildman–Crippen LogP) is 4.21. The quantitative estimate of drug-likeness (QED) is 0.310. The van der Waals surface area contributed by atoms with Gasteiger partial charge in [-0.25, -0.2) is 0 Å². The summed E-state index contributed by atoms with van der Waals surface area (Å²) in [5, 5.41) is 34.0. The highest BCUT2D eigenvalue weighted by atomic mass is 16.6. The molecule has 0 amide bonds. The number of methoxy groups -OCH3 is 1. The Morgan fingerprint density at radius 1 is 1.03 bits per heavy atom. The highest BCUT2D eigenvalue weighted by Gasteiger charge is 2.59. The number of anilines is 1. The number of carbonyl (C=O) groups is 1. The highest BCUT2D eigenvalue weighted by Crippen LogP contribution is 2.48. The van der Waals surface area contributed by atoms with Gasteiger partial charge in [-0.2, -0.15) is 0 Å². The predicted molar refractivity (Wildman–Crippen MR) is 131 cm³/mol. The van der Waals surface area contributed by atoms with E-state index < -0.39 is 34.7 Å². The number of aromatic hydroxyl groups is 1. The number of ketones is 1. The highest BCUT2D eigenvalue weighted by molar-refractivity contribution is 6.04. The number of nitro benzene ring substituents is 1. The van der Waals surface area contributed by atoms with Crippen LogP contribution in [0.3, 0.4) is 0 Å². The van der Waals surface area contributed by atoms with Gasteiger partial charge in [0.2, 0.25) is 6.04 Å². The third kappa shape index (κ3) is 3.63. The maximum atomic E-state index is 14.1. The Hall–Kier alpha value is -4.73. The monoisotopic (exact) mass is 487 g/mol. The average molecular weight is 487 g/mol. The van der Waals surface area contributed by atoms with Crippen molar-refractivity contribution in [1.29, 1.82) is 0 Å². The van der Waals surface area contributed by atoms with Crippen molar-refractivity contribution in [2.75, 3.05) is 12.0 Å². The molecule has 2 aliphatic rings. The largest absolute Gasteiger partial charge is 0.504 e. The third-order valence-electron chi connectivity index (χ3n) is 6.81. The Balaban J connectivity index is 1.73. The lowest BCUT2D eigenvalue weighted by molar-refractivity contribution is -0.524. The molecule has 10 nitrogen and oxygen atoms in total. The molecule has 36 heavy (non-hydrogen) atoms. The number of hydrogen-bond donors (Lipinski definition) is 1. The van der Waals surface area contributed by atoms with Crippen LogP contribution in [0, 0.1) is 20.2 Å². The Morgan fingerprint density at radius 2 is 1.81 bits per heavy atom. The zero-order chi connectivity index (χ0) is 25.6. The summed E-state index contributed by atoms with van der Waals surface area (Å²) in [7, 11) is 1.37. The van der Waals surface area contributed by atoms with E-state index in [9.17, 15) is 30.1 Å². The molecule has 3 aromatic rings. The van der Waals surface area contributed by atoms with Crippen LogP contribution in [0.4, 0.5) is 11.4 Å². The lowest BCUT2D eigenvalue weighted by Gasteiger charge is -2.34. The number of fused-ring (bicyclic) bond motifs is 3. The van der Waals surface area contributed by atoms with Crippen LogP contribution in [0.2, 0.25) is 0 Å². The molecule has 10 heteroatoms. The number of Topliss-reactive ketones (excluding diaryl/α,β-unsaturated/α-hetero) is 1. The smallest absolute Gasteiger partial charge is 0.270 e. The third-order valence-corrected chi connectivity index (χ3v) is 6.81. The number of nitro groups is 2. The van der Waals surface area contributed by atoms with Gasteiger partial charge in [0.1, 0.15) is 12.1 Å². The van der Waals surface area contributed by atoms with E-state index >= 15 is 0 Å². The van der Waals surface area contributed by atoms with Crippen LogP contribution >= 0.6 is 0 Å². The Labute approximate surface area is 205 Å². The molecule has 0 unspecified atom stereocenters. The maximum Gasteiger partial charge on any atom is 0.270 e. The van der Waals surface area contributed by atoms with Crippen LogP contribution < -0.4 is 9.64 Å². The first-order valence-electron chi connectivity index (χ1n) is 11.2. The van der Waals surface area contributed by atoms with Crippen molar-refractivity contribution in [2.24, 2.45) is 0 Å². The topological polar surface area (TPSA) is 136 Å². The molecule has 1 fully saturated rings. The van der Waals surface area contributed by atoms with Gasteiger partial charge in [0.25, 0.3) is 5.69 Å². The molecular weight excluding hydrogens is 466 g/mol. The van der Waals surface area contributed by atoms with Crippen LogP contribution in [-0.4, -0.2) is 46.0 Å². The van der Waals surface area contributed by atoms with E-state index in [4.69, 9.17) is 4.74 Å². The van der Waals surface area contributed by atoms with Crippen molar-refractivity contribution in [3.63, 3.8) is 0 Å². The van der Waals surface area contributed by atoms with Crippen molar-refractivity contribution in [3.05, 3.63) is 110 Å². The van der Waals surface area contributed by atoms with Gasteiger partial charge in [0.15, 0.2) is 17.3 Å². The SMILES string of the molecule is COc1cc([C@@H]2[C@@H]([N+](=O)[O-])[C@@H]3C=Cc4ccccc4N3[C@@H]2C(=O)c2cccc([N+](=O)[O-])c2)ccc1O. The van der Waals surface area contributed by atoms with Crippen LogP contribution in [0.5, 0.6) is 11.5 Å². The second-order valence-corrected chi connectivity index (χ2v) is 8.67. The molecule has 1 saturated heterocycles. The first-order valence-corrected chi connectivity index (χ1v) is 11.2. The van der Waals surface area contributed by atoms with Crippen LogP contribution in [0.25, 0.3) is 6.08 Å². The molecule has 0 spiro atoms. The molecular formula is C26H21N3O7. The van der Waals surface area contributed by atoms with Crippen LogP contribution in [0.15, 0.2) is 72.8 Å². The summed E-state index contributed by atoms with van der Waals surface area (Å²) in [6.07, 6.45) is 3.53. The molecule has 0 saturated carbocycles. The Bertz CT molecular complexity index is 1420. The number of ether oxygens (including phenoxy) is 1. The van der Waals surface area contributed by atoms with Gasteiger partial charge in [-0.15, -0.1) is 0 Å². The zero-order valence-corrected chi connectivity index (χ0v) is 19.1. The van der Waals surface area contributed by atoms with Crippen molar-refractivity contribution in [1.82, 2.24) is 0 Å². The van der Waals surface area contributed by atoms with E-state index in [0.29, 0.717) is 11.3 Å². The van der Waals surface area contributed by atoms with Crippen molar-refractivity contribution in [3.8, 4) is 11.5 Å². The molecule has 5 rings (SSSR count). The minimum Gasteiger partial charge on any atom is -0.504 e. The maximum absolute atomic E-state index is 14.1. The standard InChI is InChI=1S/C26H21N3O7/c1-36-22-14-16(10-12-21(22)30)23-24(29(34)35)20-11-9-15-5-2-3-8-19(15)27(20)25(23)26(31)17-6-4-7-18(13-17)28(32)33/h2-14,20,23-25,30H,1H3/t20-,23+,24-,25-/m0/s1. The summed E-state index contributed by atoms with van der Waals surface area (Å²) >= 11 is 0. The van der Waals surface area contributed by atoms with E-state index in [1.165, 1.54) is 43.5 Å². The summed E-state index contributed by atoms with van der Waals surface area (Å²) in [6, 6.07) is 14.1. The van der Waals surface area contributed by atoms with Gasteiger partial charge in [-0.1, -0.05) is 48.6 Å². The lowest BCUT2D eigenvalue weighted by atomic mass is 9.83. The fourth-order valence-corrected chi connectivity index (χ4v) is 5.27. The molecule has 0 aliphatic carbocycles. The van der Waals surface area contributed by atoms with Gasteiger partial charge in [-0.3, -0.25) is 25.0 Å². The van der Waals surface area contributed by atoms with E-state index in [1.54, 1.807) is 29.2 Å². The number of benzene rings is 3. The molecule has 0 radical (unpaired) electrons. The first kappa shape index (κ1) is 23.0. The van der Waals surface area contributed by atoms with Crippen molar-refractivity contribution >= 4 is 23.2 Å². The average Bonchev–Trinajstić information content (AvgIpc) is 3.24. The number of hydrogen-bond acceptors (Lipinski definition) is 8. The fraction of sp³-hybridized carbons (Fsp3) is 0.192. The van der Waals surface area contributed by atoms with Gasteiger partial charge >= 0.3 is 0 Å². The molecule has 1 N–H and O–H groups in total. The molecule has 182 valence electrons. The number of phenolic OH excluding ortho intramolecular Hbond substituents is 1. The number of phenols is 1. The number of carbonyl (C=O) groups excluding carboxylic acids is 1. The Kier molecular flexibility index (Phi) is 5.63. The fourth-order valence-electron chi connectivity index (χ4n) is 5.27. The van der Waals surface area contributed by atoms with Crippen LogP contribution in [-0.2, 0) is 0 Å². The number of rotatable bonds is 6. The molecule has 2 heterocycles. The normalized spacial score (nSPS) is 22.0. The van der Waals surface area contributed by atoms with Crippen LogP contribution in [0.1, 0.15) is 27.4 Å². The van der Waals surface area contributed by atoms with Crippen molar-refractivity contribution in [2.45, 2.75) is 24.0 Å².